The van der Waals surface area contributed by atoms with Crippen molar-refractivity contribution in [3.8, 4) is 6.01 Å². The lowest BCUT2D eigenvalue weighted by atomic mass is 10.3. The summed E-state index contributed by atoms with van der Waals surface area (Å²) in [5.41, 5.74) is 5.79. The summed E-state index contributed by atoms with van der Waals surface area (Å²) in [4.78, 5) is 10.2. The third-order valence-corrected chi connectivity index (χ3v) is 2.62. The van der Waals surface area contributed by atoms with Crippen molar-refractivity contribution in [3.63, 3.8) is 0 Å². The van der Waals surface area contributed by atoms with E-state index in [0.29, 0.717) is 5.69 Å². The van der Waals surface area contributed by atoms with E-state index in [-0.39, 0.29) is 18.0 Å². The van der Waals surface area contributed by atoms with Gasteiger partial charge in [-0.3, -0.25) is 0 Å². The number of amidine groups is 1. The molecule has 7 nitrogen and oxygen atoms in total. The van der Waals surface area contributed by atoms with Gasteiger partial charge < -0.3 is 20.6 Å². The van der Waals surface area contributed by atoms with Crippen molar-refractivity contribution >= 4 is 5.84 Å². The molecule has 1 saturated heterocycles. The van der Waals surface area contributed by atoms with Crippen molar-refractivity contribution < 1.29 is 9.94 Å². The first-order valence-corrected chi connectivity index (χ1v) is 5.35. The normalized spacial score (nSPS) is 21.7. The van der Waals surface area contributed by atoms with Gasteiger partial charge in [-0.2, -0.15) is 4.98 Å². The van der Waals surface area contributed by atoms with Gasteiger partial charge in [0.25, 0.3) is 0 Å². The molecule has 0 aliphatic carbocycles. The standard InChI is InChI=1S/C10H15N5O2/c1-15-5-3-7(6-15)17-10-12-4-2-8(13-10)9(11)14-16/h2,4,7,16H,3,5-6H2,1H3,(H2,11,14). The van der Waals surface area contributed by atoms with Gasteiger partial charge in [0.1, 0.15) is 11.8 Å². The van der Waals surface area contributed by atoms with E-state index in [1.54, 1.807) is 6.07 Å². The molecule has 17 heavy (non-hydrogen) atoms. The Morgan fingerprint density at radius 2 is 2.53 bits per heavy atom. The van der Waals surface area contributed by atoms with Crippen LogP contribution in [0.4, 0.5) is 0 Å². The van der Waals surface area contributed by atoms with E-state index >= 15 is 0 Å². The summed E-state index contributed by atoms with van der Waals surface area (Å²) in [6.07, 6.45) is 2.57. The number of hydrogen-bond acceptors (Lipinski definition) is 6. The first kappa shape index (κ1) is 11.6. The predicted octanol–water partition coefficient (Wildman–Crippen LogP) is -0.346. The molecule has 1 atom stereocenters. The summed E-state index contributed by atoms with van der Waals surface area (Å²) in [6, 6.07) is 1.82. The number of likely N-dealkylation sites (tertiary alicyclic amines) is 1. The highest BCUT2D eigenvalue weighted by atomic mass is 16.5. The maximum atomic E-state index is 8.55. The first-order valence-electron chi connectivity index (χ1n) is 5.35. The second-order valence-corrected chi connectivity index (χ2v) is 4.00. The van der Waals surface area contributed by atoms with Crippen molar-refractivity contribution in [1.29, 1.82) is 0 Å². The smallest absolute Gasteiger partial charge is 0.317 e. The fourth-order valence-corrected chi connectivity index (χ4v) is 1.73. The summed E-state index contributed by atoms with van der Waals surface area (Å²) >= 11 is 0. The third kappa shape index (κ3) is 2.82. The predicted molar refractivity (Wildman–Crippen MR) is 61.1 cm³/mol. The van der Waals surface area contributed by atoms with Gasteiger partial charge in [-0.1, -0.05) is 5.16 Å². The van der Waals surface area contributed by atoms with E-state index in [1.165, 1.54) is 6.20 Å². The lowest BCUT2D eigenvalue weighted by Crippen LogP contribution is -2.23. The molecule has 1 aliphatic heterocycles. The third-order valence-electron chi connectivity index (χ3n) is 2.62. The van der Waals surface area contributed by atoms with Gasteiger partial charge in [-0.25, -0.2) is 4.98 Å². The zero-order valence-corrected chi connectivity index (χ0v) is 9.58. The van der Waals surface area contributed by atoms with Crippen LogP contribution in [-0.2, 0) is 0 Å². The monoisotopic (exact) mass is 237 g/mol. The molecule has 0 saturated carbocycles. The van der Waals surface area contributed by atoms with Crippen LogP contribution in [0.5, 0.6) is 6.01 Å². The van der Waals surface area contributed by atoms with Crippen LogP contribution in [0.15, 0.2) is 17.4 Å². The highest BCUT2D eigenvalue weighted by Gasteiger charge is 2.21. The van der Waals surface area contributed by atoms with Crippen LogP contribution in [0.1, 0.15) is 12.1 Å². The summed E-state index contributed by atoms with van der Waals surface area (Å²) in [7, 11) is 2.04. The Kier molecular flexibility index (Phi) is 3.38. The molecule has 92 valence electrons. The zero-order chi connectivity index (χ0) is 12.3. The fraction of sp³-hybridized carbons (Fsp3) is 0.500. The molecule has 0 amide bonds. The maximum absolute atomic E-state index is 8.55. The largest absolute Gasteiger partial charge is 0.459 e. The van der Waals surface area contributed by atoms with Crippen LogP contribution in [0, 0.1) is 0 Å². The summed E-state index contributed by atoms with van der Waals surface area (Å²) < 4.78 is 5.62. The lowest BCUT2D eigenvalue weighted by Gasteiger charge is -2.12. The fourth-order valence-electron chi connectivity index (χ4n) is 1.73. The van der Waals surface area contributed by atoms with Crippen LogP contribution in [0.2, 0.25) is 0 Å². The average molecular weight is 237 g/mol. The van der Waals surface area contributed by atoms with E-state index in [2.05, 4.69) is 20.0 Å². The Hall–Kier alpha value is -1.89. The van der Waals surface area contributed by atoms with Crippen molar-refractivity contribution in [1.82, 2.24) is 14.9 Å². The Morgan fingerprint density at radius 3 is 3.18 bits per heavy atom. The Labute approximate surface area is 98.9 Å². The number of rotatable bonds is 3. The number of nitrogens with zero attached hydrogens (tertiary/aromatic N) is 4. The molecular weight excluding hydrogens is 222 g/mol. The second-order valence-electron chi connectivity index (χ2n) is 4.00. The molecule has 1 aromatic rings. The molecule has 1 aromatic heterocycles. The number of likely N-dealkylation sites (N-methyl/N-ethyl adjacent to an activating group) is 1. The van der Waals surface area contributed by atoms with Gasteiger partial charge in [0, 0.05) is 19.3 Å². The highest BCUT2D eigenvalue weighted by Crippen LogP contribution is 2.13. The van der Waals surface area contributed by atoms with E-state index in [1.807, 2.05) is 7.05 Å². The molecular formula is C10H15N5O2. The summed E-state index contributed by atoms with van der Waals surface area (Å²) in [5, 5.41) is 11.4. The minimum Gasteiger partial charge on any atom is -0.459 e. The molecule has 1 unspecified atom stereocenters. The summed E-state index contributed by atoms with van der Waals surface area (Å²) in [5.74, 6) is -0.0548. The first-order chi connectivity index (χ1) is 8.19. The quantitative estimate of drug-likeness (QED) is 0.323. The van der Waals surface area contributed by atoms with E-state index < -0.39 is 0 Å². The van der Waals surface area contributed by atoms with Gasteiger partial charge in [0.15, 0.2) is 5.84 Å². The summed E-state index contributed by atoms with van der Waals surface area (Å²) in [6.45, 7) is 1.86. The van der Waals surface area contributed by atoms with Gasteiger partial charge in [0.05, 0.1) is 0 Å². The molecule has 0 spiro atoms. The van der Waals surface area contributed by atoms with Gasteiger partial charge in [-0.15, -0.1) is 0 Å². The number of ether oxygens (including phenoxy) is 1. The highest BCUT2D eigenvalue weighted by molar-refractivity contribution is 5.95. The zero-order valence-electron chi connectivity index (χ0n) is 9.58. The number of hydrogen-bond donors (Lipinski definition) is 2. The van der Waals surface area contributed by atoms with Gasteiger partial charge in [-0.05, 0) is 19.5 Å². The topological polar surface area (TPSA) is 96.9 Å². The van der Waals surface area contributed by atoms with Crippen LogP contribution >= 0.6 is 0 Å². The molecule has 3 N–H and O–H groups in total. The second kappa shape index (κ2) is 4.96. The number of oxime groups is 1. The van der Waals surface area contributed by atoms with Crippen molar-refractivity contribution in [2.75, 3.05) is 20.1 Å². The minimum atomic E-state index is -0.0548. The molecule has 0 aromatic carbocycles. The van der Waals surface area contributed by atoms with Crippen LogP contribution < -0.4 is 10.5 Å². The molecule has 2 heterocycles. The van der Waals surface area contributed by atoms with Gasteiger partial charge >= 0.3 is 6.01 Å². The van der Waals surface area contributed by atoms with E-state index in [4.69, 9.17) is 15.7 Å². The van der Waals surface area contributed by atoms with E-state index in [9.17, 15) is 0 Å². The van der Waals surface area contributed by atoms with E-state index in [0.717, 1.165) is 19.5 Å². The van der Waals surface area contributed by atoms with Crippen molar-refractivity contribution in [3.05, 3.63) is 18.0 Å². The minimum absolute atomic E-state index is 0.0548. The molecule has 7 heteroatoms. The Balaban J connectivity index is 2.06. The van der Waals surface area contributed by atoms with Crippen LogP contribution in [0.25, 0.3) is 0 Å². The molecule has 2 rings (SSSR count). The number of aromatic nitrogens is 2. The van der Waals surface area contributed by atoms with Crippen LogP contribution in [-0.4, -0.2) is 52.2 Å². The lowest BCUT2D eigenvalue weighted by molar-refractivity contribution is 0.191. The SMILES string of the molecule is CN1CCC(Oc2nccc(/C(N)=N/O)n2)C1. The average Bonchev–Trinajstić information content (AvgIpc) is 2.74. The maximum Gasteiger partial charge on any atom is 0.317 e. The molecule has 0 bridgehead atoms. The Bertz CT molecular complexity index is 423. The Morgan fingerprint density at radius 1 is 1.71 bits per heavy atom. The van der Waals surface area contributed by atoms with Gasteiger partial charge in [0.2, 0.25) is 0 Å². The van der Waals surface area contributed by atoms with Crippen molar-refractivity contribution in [2.45, 2.75) is 12.5 Å². The number of nitrogens with two attached hydrogens (primary N) is 1. The molecule has 1 aliphatic rings. The molecule has 0 radical (unpaired) electrons. The van der Waals surface area contributed by atoms with Crippen LogP contribution in [0.3, 0.4) is 0 Å². The van der Waals surface area contributed by atoms with Crippen molar-refractivity contribution in [2.24, 2.45) is 10.9 Å². The molecule has 1 fully saturated rings.